The van der Waals surface area contributed by atoms with Gasteiger partial charge in [-0.1, -0.05) is 53.0 Å². The van der Waals surface area contributed by atoms with Crippen LogP contribution in [0.15, 0.2) is 11.6 Å². The van der Waals surface area contributed by atoms with Gasteiger partial charge in [0.25, 0.3) is 0 Å². The van der Waals surface area contributed by atoms with Crippen LogP contribution in [-0.2, 0) is 4.79 Å². The molecule has 0 unspecified atom stereocenters. The molecule has 0 aromatic rings. The summed E-state index contributed by atoms with van der Waals surface area (Å²) in [5.74, 6) is 5.18. The Morgan fingerprint density at radius 2 is 1.36 bits per heavy atom. The van der Waals surface area contributed by atoms with Crippen molar-refractivity contribution in [2.75, 3.05) is 0 Å². The van der Waals surface area contributed by atoms with E-state index in [-0.39, 0.29) is 10.8 Å². The molecular weight excluding hydrogens is 172 g/mol. The Bertz CT molecular complexity index is 268. The Hall–Kier alpha value is -1.03. The van der Waals surface area contributed by atoms with Gasteiger partial charge in [0.1, 0.15) is 0 Å². The molecule has 0 radical (unpaired) electrons. The van der Waals surface area contributed by atoms with E-state index in [2.05, 4.69) is 53.4 Å². The summed E-state index contributed by atoms with van der Waals surface area (Å²) in [4.78, 5) is 10.1. The smallest absolute Gasteiger partial charge is 0.193 e. The van der Waals surface area contributed by atoms with Gasteiger partial charge in [-0.05, 0) is 22.8 Å². The zero-order valence-corrected chi connectivity index (χ0v) is 10.1. The number of allylic oxidation sites excluding steroid dienone is 2. The SMILES string of the molecule is CC(C)(C)C(=CC#CC=O)C(C)(C)C. The number of hydrogen-bond donors (Lipinski definition) is 0. The van der Waals surface area contributed by atoms with Crippen LogP contribution in [0.1, 0.15) is 41.5 Å². The predicted octanol–water partition coefficient (Wildman–Crippen LogP) is 3.21. The summed E-state index contributed by atoms with van der Waals surface area (Å²) >= 11 is 0. The summed E-state index contributed by atoms with van der Waals surface area (Å²) in [6, 6.07) is 0. The van der Waals surface area contributed by atoms with Crippen molar-refractivity contribution in [3.8, 4) is 11.8 Å². The maximum Gasteiger partial charge on any atom is 0.193 e. The second-order valence-electron chi connectivity index (χ2n) is 5.46. The molecule has 0 aromatic heterocycles. The summed E-state index contributed by atoms with van der Waals surface area (Å²) < 4.78 is 0. The number of carbonyl (C=O) groups excluding carboxylic acids is 1. The third-order valence-corrected chi connectivity index (χ3v) is 1.97. The highest BCUT2D eigenvalue weighted by molar-refractivity contribution is 5.73. The highest BCUT2D eigenvalue weighted by Crippen LogP contribution is 2.38. The highest BCUT2D eigenvalue weighted by atomic mass is 16.1. The van der Waals surface area contributed by atoms with Gasteiger partial charge in [-0.15, -0.1) is 0 Å². The van der Waals surface area contributed by atoms with Gasteiger partial charge >= 0.3 is 0 Å². The second kappa shape index (κ2) is 4.46. The van der Waals surface area contributed by atoms with Gasteiger partial charge in [-0.2, -0.15) is 0 Å². The molecule has 0 aliphatic carbocycles. The Morgan fingerprint density at radius 3 is 1.64 bits per heavy atom. The normalized spacial score (nSPS) is 11.3. The second-order valence-corrected chi connectivity index (χ2v) is 5.46. The first-order valence-corrected chi connectivity index (χ1v) is 4.85. The molecule has 0 fully saturated rings. The lowest BCUT2D eigenvalue weighted by molar-refractivity contribution is -0.103. The highest BCUT2D eigenvalue weighted by Gasteiger charge is 2.27. The lowest BCUT2D eigenvalue weighted by atomic mass is 9.72. The predicted molar refractivity (Wildman–Crippen MR) is 60.8 cm³/mol. The lowest BCUT2D eigenvalue weighted by Gasteiger charge is -2.33. The molecule has 0 bridgehead atoms. The summed E-state index contributed by atoms with van der Waals surface area (Å²) in [5, 5.41) is 0. The molecule has 0 saturated carbocycles. The van der Waals surface area contributed by atoms with Crippen molar-refractivity contribution in [3.63, 3.8) is 0 Å². The largest absolute Gasteiger partial charge is 0.289 e. The summed E-state index contributed by atoms with van der Waals surface area (Å²) in [6.45, 7) is 13.0. The van der Waals surface area contributed by atoms with Crippen LogP contribution in [0.25, 0.3) is 0 Å². The van der Waals surface area contributed by atoms with Crippen LogP contribution < -0.4 is 0 Å². The number of rotatable bonds is 0. The van der Waals surface area contributed by atoms with E-state index < -0.39 is 0 Å². The van der Waals surface area contributed by atoms with E-state index in [9.17, 15) is 4.79 Å². The van der Waals surface area contributed by atoms with Crippen molar-refractivity contribution < 1.29 is 4.79 Å². The van der Waals surface area contributed by atoms with Crippen molar-refractivity contribution >= 4 is 6.29 Å². The van der Waals surface area contributed by atoms with Gasteiger partial charge in [0.15, 0.2) is 6.29 Å². The molecule has 0 amide bonds. The molecule has 14 heavy (non-hydrogen) atoms. The van der Waals surface area contributed by atoms with Crippen LogP contribution in [0.2, 0.25) is 0 Å². The Labute approximate surface area is 87.6 Å². The van der Waals surface area contributed by atoms with Crippen molar-refractivity contribution in [2.45, 2.75) is 41.5 Å². The zero-order chi connectivity index (χ0) is 11.4. The third kappa shape index (κ3) is 4.28. The van der Waals surface area contributed by atoms with Crippen molar-refractivity contribution in [3.05, 3.63) is 11.6 Å². The molecule has 0 heterocycles. The maximum absolute atomic E-state index is 10.1. The van der Waals surface area contributed by atoms with Crippen molar-refractivity contribution in [2.24, 2.45) is 10.8 Å². The molecule has 0 saturated heterocycles. The molecule has 0 aliphatic rings. The maximum atomic E-state index is 10.1. The average Bonchev–Trinajstić information content (AvgIpc) is 1.92. The molecule has 0 aromatic carbocycles. The molecular formula is C13H20O. The zero-order valence-electron chi connectivity index (χ0n) is 10.1. The number of aldehydes is 1. The van der Waals surface area contributed by atoms with Crippen LogP contribution in [0.3, 0.4) is 0 Å². The van der Waals surface area contributed by atoms with E-state index in [0.29, 0.717) is 6.29 Å². The molecule has 1 heteroatoms. The fourth-order valence-electron chi connectivity index (χ4n) is 1.71. The lowest BCUT2D eigenvalue weighted by Crippen LogP contribution is -2.22. The molecule has 78 valence electrons. The fourth-order valence-corrected chi connectivity index (χ4v) is 1.71. The van der Waals surface area contributed by atoms with E-state index in [1.165, 1.54) is 5.57 Å². The minimum atomic E-state index is 0.0931. The minimum Gasteiger partial charge on any atom is -0.289 e. The first-order chi connectivity index (χ1) is 6.19. The number of carbonyl (C=O) groups is 1. The van der Waals surface area contributed by atoms with E-state index >= 15 is 0 Å². The van der Waals surface area contributed by atoms with E-state index in [1.54, 1.807) is 0 Å². The fraction of sp³-hybridized carbons (Fsp3) is 0.615. The standard InChI is InChI=1S/C13H20O/c1-12(2,3)11(13(4,5)6)9-7-8-10-14/h9-10H,1-6H3. The molecule has 0 atom stereocenters. The monoisotopic (exact) mass is 192 g/mol. The van der Waals surface area contributed by atoms with Gasteiger partial charge in [-0.3, -0.25) is 4.79 Å². The molecule has 1 nitrogen and oxygen atoms in total. The first-order valence-electron chi connectivity index (χ1n) is 4.85. The van der Waals surface area contributed by atoms with E-state index in [1.807, 2.05) is 6.08 Å². The summed E-state index contributed by atoms with van der Waals surface area (Å²) in [7, 11) is 0. The quantitative estimate of drug-likeness (QED) is 0.425. The topological polar surface area (TPSA) is 17.1 Å². The average molecular weight is 192 g/mol. The Kier molecular flexibility index (Phi) is 4.13. The van der Waals surface area contributed by atoms with Crippen LogP contribution in [-0.4, -0.2) is 6.29 Å². The Morgan fingerprint density at radius 1 is 0.929 bits per heavy atom. The van der Waals surface area contributed by atoms with Gasteiger partial charge in [0, 0.05) is 0 Å². The van der Waals surface area contributed by atoms with Gasteiger partial charge in [-0.25, -0.2) is 0 Å². The van der Waals surface area contributed by atoms with Crippen molar-refractivity contribution in [1.82, 2.24) is 0 Å². The molecule has 0 aliphatic heterocycles. The summed E-state index contributed by atoms with van der Waals surface area (Å²) in [6.07, 6.45) is 2.49. The summed E-state index contributed by atoms with van der Waals surface area (Å²) in [5.41, 5.74) is 1.45. The molecule has 0 spiro atoms. The first kappa shape index (κ1) is 13.0. The van der Waals surface area contributed by atoms with Gasteiger partial charge in [0.05, 0.1) is 0 Å². The Balaban J connectivity index is 5.13. The van der Waals surface area contributed by atoms with E-state index in [0.717, 1.165) is 0 Å². The molecule has 0 N–H and O–H groups in total. The minimum absolute atomic E-state index is 0.0931. The van der Waals surface area contributed by atoms with Crippen molar-refractivity contribution in [1.29, 1.82) is 0 Å². The molecule has 0 rings (SSSR count). The van der Waals surface area contributed by atoms with Crippen LogP contribution >= 0.6 is 0 Å². The van der Waals surface area contributed by atoms with Crippen LogP contribution in [0.5, 0.6) is 0 Å². The van der Waals surface area contributed by atoms with Crippen LogP contribution in [0, 0.1) is 22.7 Å². The third-order valence-electron chi connectivity index (χ3n) is 1.97. The van der Waals surface area contributed by atoms with Gasteiger partial charge in [0.2, 0.25) is 0 Å². The van der Waals surface area contributed by atoms with Gasteiger partial charge < -0.3 is 0 Å². The number of hydrogen-bond acceptors (Lipinski definition) is 1. The van der Waals surface area contributed by atoms with E-state index in [4.69, 9.17) is 0 Å². The van der Waals surface area contributed by atoms with Crippen LogP contribution in [0.4, 0.5) is 0 Å².